The second-order valence-electron chi connectivity index (χ2n) is 9.11. The van der Waals surface area contributed by atoms with E-state index in [1.807, 2.05) is 0 Å². The van der Waals surface area contributed by atoms with Crippen molar-refractivity contribution in [1.29, 1.82) is 0 Å². The molecule has 0 bridgehead atoms. The van der Waals surface area contributed by atoms with Gasteiger partial charge in [-0.25, -0.2) is 0 Å². The second-order valence-corrected chi connectivity index (χ2v) is 9.11. The minimum atomic E-state index is -2.74. The van der Waals surface area contributed by atoms with Crippen LogP contribution in [-0.4, -0.2) is 87.3 Å². The van der Waals surface area contributed by atoms with Crippen LogP contribution in [0.1, 0.15) is 62.3 Å². The van der Waals surface area contributed by atoms with Crippen molar-refractivity contribution in [2.24, 2.45) is 16.2 Å². The van der Waals surface area contributed by atoms with Crippen molar-refractivity contribution in [1.82, 2.24) is 0 Å². The van der Waals surface area contributed by atoms with Crippen LogP contribution in [-0.2, 0) is 89.0 Å². The van der Waals surface area contributed by atoms with E-state index >= 15 is 0 Å². The molecule has 0 aromatic heterocycles. The number of aliphatic carboxylic acids is 3. The first kappa shape index (κ1) is 47.9. The molecule has 0 amide bonds. The van der Waals surface area contributed by atoms with Gasteiger partial charge in [-0.15, -0.1) is 0 Å². The third-order valence-electron chi connectivity index (χ3n) is 6.33. The molecule has 0 spiro atoms. The van der Waals surface area contributed by atoms with Crippen LogP contribution in [0, 0.1) is 16.2 Å². The summed E-state index contributed by atoms with van der Waals surface area (Å²) in [4.78, 5) is 165. The zero-order valence-electron chi connectivity index (χ0n) is 25.7. The molecular formula is C27H27FeO18. The number of ketones is 12. The topological polar surface area (TPSA) is 325 Å². The van der Waals surface area contributed by atoms with Crippen LogP contribution < -0.4 is 15.3 Å². The Morgan fingerprint density at radius 1 is 0.283 bits per heavy atom. The minimum Gasteiger partial charge on any atom is -0.542 e. The predicted molar refractivity (Wildman–Crippen MR) is 133 cm³/mol. The fourth-order valence-electron chi connectivity index (χ4n) is 4.13. The van der Waals surface area contributed by atoms with Crippen molar-refractivity contribution in [3.05, 3.63) is 0 Å². The van der Waals surface area contributed by atoms with E-state index in [1.54, 1.807) is 0 Å². The van der Waals surface area contributed by atoms with Gasteiger partial charge in [0.05, 0.1) is 0 Å². The molecule has 1 radical (unpaired) electrons. The van der Waals surface area contributed by atoms with Gasteiger partial charge in [-0.2, -0.15) is 0 Å². The molecule has 0 aromatic rings. The van der Waals surface area contributed by atoms with Crippen LogP contribution in [0.25, 0.3) is 0 Å². The van der Waals surface area contributed by atoms with Gasteiger partial charge in [0.25, 0.3) is 0 Å². The summed E-state index contributed by atoms with van der Waals surface area (Å²) in [5.74, 6) is -22.1. The number of Topliss-reactive ketones (excluding diaryl/α,β-unsaturated/α-hetero) is 12. The Labute approximate surface area is 270 Å². The van der Waals surface area contributed by atoms with Crippen molar-refractivity contribution < 1.29 is 104 Å². The summed E-state index contributed by atoms with van der Waals surface area (Å²) < 4.78 is 0. The molecule has 0 aromatic carbocycles. The molecule has 0 aliphatic heterocycles. The molecule has 0 atom stereocenters. The Morgan fingerprint density at radius 3 is 0.391 bits per heavy atom. The van der Waals surface area contributed by atoms with Gasteiger partial charge in [0.1, 0.15) is 17.9 Å². The van der Waals surface area contributed by atoms with Gasteiger partial charge < -0.3 is 29.7 Å². The van der Waals surface area contributed by atoms with Gasteiger partial charge in [-0.3, -0.25) is 57.5 Å². The molecule has 0 aliphatic rings. The summed E-state index contributed by atoms with van der Waals surface area (Å²) >= 11 is 0. The van der Waals surface area contributed by atoms with Crippen LogP contribution in [0.3, 0.4) is 0 Å². The Kier molecular flexibility index (Phi) is 18.8. The van der Waals surface area contributed by atoms with E-state index < -0.39 is 104 Å². The molecule has 46 heavy (non-hydrogen) atoms. The predicted octanol–water partition coefficient (Wildman–Crippen LogP) is -5.83. The smallest absolute Gasteiger partial charge is 0.542 e. The molecule has 0 saturated carbocycles. The molecule has 19 heteroatoms. The van der Waals surface area contributed by atoms with E-state index in [0.717, 1.165) is 62.3 Å². The van der Waals surface area contributed by atoms with Gasteiger partial charge in [-0.1, -0.05) is 0 Å². The van der Waals surface area contributed by atoms with Crippen LogP contribution >= 0.6 is 0 Å². The van der Waals surface area contributed by atoms with Crippen molar-refractivity contribution in [2.75, 3.05) is 0 Å². The monoisotopic (exact) mass is 695 g/mol. The number of rotatable bonds is 15. The number of carboxylic acids is 3. The third kappa shape index (κ3) is 9.01. The fraction of sp³-hybridized carbons (Fsp3) is 0.444. The fourth-order valence-corrected chi connectivity index (χ4v) is 4.13. The summed E-state index contributed by atoms with van der Waals surface area (Å²) in [5, 5.41) is 31.0. The van der Waals surface area contributed by atoms with Gasteiger partial charge >= 0.3 is 17.1 Å². The average Bonchev–Trinajstić information content (AvgIpc) is 2.83. The number of hydrogen-bond acceptors (Lipinski definition) is 18. The summed E-state index contributed by atoms with van der Waals surface area (Å²) in [5.41, 5.74) is -8.21. The van der Waals surface area contributed by atoms with E-state index in [9.17, 15) is 87.2 Å². The zero-order valence-corrected chi connectivity index (χ0v) is 26.8. The first-order valence-corrected chi connectivity index (χ1v) is 11.9. The quantitative estimate of drug-likeness (QED) is 0.0874. The first-order valence-electron chi connectivity index (χ1n) is 11.9. The largest absolute Gasteiger partial charge is 3.00 e. The van der Waals surface area contributed by atoms with E-state index in [1.165, 1.54) is 0 Å². The van der Waals surface area contributed by atoms with Gasteiger partial charge in [0.15, 0.2) is 52.0 Å². The average molecular weight is 695 g/mol. The molecule has 0 saturated heterocycles. The summed E-state index contributed by atoms with van der Waals surface area (Å²) in [7, 11) is 0. The SMILES string of the molecule is CC(=O)C(C(C)=O)(C(C)=O)C(=O)C(=O)[O-].CC(=O)C(C(C)=O)(C(C)=O)C(=O)C(=O)[O-].CC(=O)C(C(C)=O)(C(C)=O)C(=O)C(=O)[O-].[Fe+3]. The van der Waals surface area contributed by atoms with Crippen molar-refractivity contribution >= 4 is 87.3 Å². The molecule has 0 aliphatic carbocycles. The molecule has 18 nitrogen and oxygen atoms in total. The Hall–Kier alpha value is -5.03. The maximum atomic E-state index is 11.2. The number of carbonyl (C=O) groups is 15. The van der Waals surface area contributed by atoms with Crippen LogP contribution in [0.5, 0.6) is 0 Å². The molecule has 0 fully saturated rings. The Bertz CT molecular complexity index is 1160. The second kappa shape index (κ2) is 18.1. The third-order valence-corrected chi connectivity index (χ3v) is 6.33. The molecule has 0 rings (SSSR count). The molecular weight excluding hydrogens is 668 g/mol. The molecule has 251 valence electrons. The summed E-state index contributed by atoms with van der Waals surface area (Å²) in [6, 6.07) is 0. The van der Waals surface area contributed by atoms with Gasteiger partial charge in [0, 0.05) is 0 Å². The van der Waals surface area contributed by atoms with E-state index in [2.05, 4.69) is 0 Å². The normalized spacial score (nSPS) is 10.4. The standard InChI is InChI=1S/3C9H10O6.Fe/c3*1-4(10)9(5(2)11,6(3)12)7(13)8(14)15;/h3*1-3H3,(H,14,15);/q;;;+3/p-3. The Balaban J connectivity index is -0.000000285. The maximum absolute atomic E-state index is 11.2. The number of hydrogen-bond donors (Lipinski definition) is 0. The molecule has 0 unspecified atom stereocenters. The van der Waals surface area contributed by atoms with E-state index in [4.69, 9.17) is 0 Å². The number of carbonyl (C=O) groups excluding carboxylic acids is 15. The van der Waals surface area contributed by atoms with Crippen molar-refractivity contribution in [3.8, 4) is 0 Å². The van der Waals surface area contributed by atoms with Crippen LogP contribution in [0.15, 0.2) is 0 Å². The molecule has 0 N–H and O–H groups in total. The van der Waals surface area contributed by atoms with Crippen molar-refractivity contribution in [3.63, 3.8) is 0 Å². The Morgan fingerprint density at radius 2 is 0.370 bits per heavy atom. The van der Waals surface area contributed by atoms with E-state index in [0.29, 0.717) is 0 Å². The van der Waals surface area contributed by atoms with Crippen molar-refractivity contribution in [2.45, 2.75) is 62.3 Å². The minimum absolute atomic E-state index is 0. The maximum Gasteiger partial charge on any atom is 3.00 e. The summed E-state index contributed by atoms with van der Waals surface area (Å²) in [6.07, 6.45) is 0. The van der Waals surface area contributed by atoms with Crippen LogP contribution in [0.2, 0.25) is 0 Å². The van der Waals surface area contributed by atoms with E-state index in [-0.39, 0.29) is 17.1 Å². The first-order chi connectivity index (χ1) is 20.1. The van der Waals surface area contributed by atoms with Crippen LogP contribution in [0.4, 0.5) is 0 Å². The van der Waals surface area contributed by atoms with Gasteiger partial charge in [0.2, 0.25) is 33.6 Å². The zero-order chi connectivity index (χ0) is 37.2. The number of carboxylic acid groups (broad SMARTS) is 3. The summed E-state index contributed by atoms with van der Waals surface area (Å²) in [6.45, 7) is 7.28. The molecule has 0 heterocycles. The van der Waals surface area contributed by atoms with Gasteiger partial charge in [-0.05, 0) is 62.3 Å².